The van der Waals surface area contributed by atoms with Crippen LogP contribution in [0.2, 0.25) is 5.02 Å². The zero-order valence-electron chi connectivity index (χ0n) is 13.8. The molecule has 130 valence electrons. The Morgan fingerprint density at radius 3 is 1.88 bits per heavy atom. The monoisotopic (exact) mass is 364 g/mol. The molecule has 0 aliphatic rings. The van der Waals surface area contributed by atoms with Crippen LogP contribution in [0, 0.1) is 0 Å². The minimum atomic E-state index is -1.85. The van der Waals surface area contributed by atoms with Crippen LogP contribution in [0.15, 0.2) is 90.0 Å². The van der Waals surface area contributed by atoms with Crippen LogP contribution in [0.25, 0.3) is 0 Å². The van der Waals surface area contributed by atoms with Gasteiger partial charge in [0.1, 0.15) is 0 Å². The van der Waals surface area contributed by atoms with Gasteiger partial charge in [0.05, 0.1) is 6.21 Å². The van der Waals surface area contributed by atoms with Crippen molar-refractivity contribution in [1.82, 2.24) is 5.43 Å². The average molecular weight is 365 g/mol. The number of nitrogens with one attached hydrogen (secondary N) is 1. The van der Waals surface area contributed by atoms with Crippen molar-refractivity contribution in [2.45, 2.75) is 5.60 Å². The van der Waals surface area contributed by atoms with Crippen molar-refractivity contribution >= 4 is 23.7 Å². The third-order valence-corrected chi connectivity index (χ3v) is 4.21. The van der Waals surface area contributed by atoms with Crippen molar-refractivity contribution < 1.29 is 9.90 Å². The third-order valence-electron chi connectivity index (χ3n) is 3.96. The van der Waals surface area contributed by atoms with Crippen LogP contribution in [0.4, 0.5) is 0 Å². The van der Waals surface area contributed by atoms with Gasteiger partial charge in [-0.2, -0.15) is 5.10 Å². The van der Waals surface area contributed by atoms with Gasteiger partial charge >= 0.3 is 0 Å². The Morgan fingerprint density at radius 1 is 0.885 bits per heavy atom. The third kappa shape index (κ3) is 3.82. The molecule has 2 N–H and O–H groups in total. The Morgan fingerprint density at radius 2 is 1.38 bits per heavy atom. The van der Waals surface area contributed by atoms with Gasteiger partial charge in [0.25, 0.3) is 5.91 Å². The van der Waals surface area contributed by atoms with Crippen molar-refractivity contribution in [2.24, 2.45) is 5.10 Å². The number of benzene rings is 3. The van der Waals surface area contributed by atoms with Crippen LogP contribution in [-0.2, 0) is 10.4 Å². The molecule has 5 heteroatoms. The molecule has 0 spiro atoms. The predicted octanol–water partition coefficient (Wildman–Crippen LogP) is 3.73. The molecule has 0 saturated carbocycles. The van der Waals surface area contributed by atoms with Crippen molar-refractivity contribution in [1.29, 1.82) is 0 Å². The van der Waals surface area contributed by atoms with E-state index in [4.69, 9.17) is 11.6 Å². The number of halogens is 1. The molecule has 0 radical (unpaired) electrons. The van der Waals surface area contributed by atoms with E-state index in [1.807, 2.05) is 12.1 Å². The Hall–Kier alpha value is -2.95. The lowest BCUT2D eigenvalue weighted by atomic mass is 9.85. The van der Waals surface area contributed by atoms with Crippen molar-refractivity contribution in [3.63, 3.8) is 0 Å². The van der Waals surface area contributed by atoms with E-state index in [9.17, 15) is 9.90 Å². The summed E-state index contributed by atoms with van der Waals surface area (Å²) in [5.41, 5.74) is 2.29. The summed E-state index contributed by atoms with van der Waals surface area (Å²) in [5.74, 6) is -0.639. The van der Waals surface area contributed by atoms with E-state index in [0.29, 0.717) is 16.1 Å². The van der Waals surface area contributed by atoms with Crippen molar-refractivity contribution in [2.75, 3.05) is 0 Å². The van der Waals surface area contributed by atoms with Crippen molar-refractivity contribution in [3.05, 3.63) is 107 Å². The second-order valence-electron chi connectivity index (χ2n) is 5.69. The Bertz CT molecular complexity index is 855. The highest BCUT2D eigenvalue weighted by Gasteiger charge is 2.39. The summed E-state index contributed by atoms with van der Waals surface area (Å²) in [6.07, 6.45) is 1.49. The molecule has 1 amide bonds. The fourth-order valence-electron chi connectivity index (χ4n) is 2.58. The van der Waals surface area contributed by atoms with Gasteiger partial charge in [-0.05, 0) is 28.8 Å². The quantitative estimate of drug-likeness (QED) is 0.535. The summed E-state index contributed by atoms with van der Waals surface area (Å²) in [6, 6.07) is 24.6. The van der Waals surface area contributed by atoms with E-state index in [1.54, 1.807) is 72.8 Å². The summed E-state index contributed by atoms with van der Waals surface area (Å²) in [6.45, 7) is 0. The van der Waals surface area contributed by atoms with E-state index in [0.717, 1.165) is 5.56 Å². The van der Waals surface area contributed by atoms with Crippen LogP contribution >= 0.6 is 11.6 Å². The van der Waals surface area contributed by atoms with E-state index in [1.165, 1.54) is 6.21 Å². The number of nitrogens with zero attached hydrogens (tertiary/aromatic N) is 1. The zero-order chi connectivity index (χ0) is 18.4. The molecule has 0 aliphatic heterocycles. The van der Waals surface area contributed by atoms with Crippen molar-refractivity contribution in [3.8, 4) is 0 Å². The SMILES string of the molecule is O=C(N/N=C/c1ccc(Cl)cc1)C(O)(c1ccccc1)c1ccccc1. The first-order valence-corrected chi connectivity index (χ1v) is 8.41. The molecule has 4 nitrogen and oxygen atoms in total. The Kier molecular flexibility index (Phi) is 5.46. The number of hydrazone groups is 1. The highest BCUT2D eigenvalue weighted by molar-refractivity contribution is 6.30. The highest BCUT2D eigenvalue weighted by atomic mass is 35.5. The molecule has 3 rings (SSSR count). The van der Waals surface area contributed by atoms with Gasteiger partial charge in [-0.15, -0.1) is 0 Å². The molecule has 0 saturated heterocycles. The lowest BCUT2D eigenvalue weighted by molar-refractivity contribution is -0.136. The van der Waals surface area contributed by atoms with Crippen LogP contribution < -0.4 is 5.43 Å². The first-order valence-electron chi connectivity index (χ1n) is 8.03. The van der Waals surface area contributed by atoms with Gasteiger partial charge in [0.15, 0.2) is 5.60 Å². The molecule has 3 aromatic carbocycles. The highest BCUT2D eigenvalue weighted by Crippen LogP contribution is 2.29. The van der Waals surface area contributed by atoms with Crippen LogP contribution in [0.3, 0.4) is 0 Å². The number of rotatable bonds is 5. The molecular formula is C21H17ClN2O2. The Labute approximate surface area is 156 Å². The maximum absolute atomic E-state index is 12.8. The van der Waals surface area contributed by atoms with Crippen LogP contribution in [0.5, 0.6) is 0 Å². The number of carbonyl (C=O) groups excluding carboxylic acids is 1. The zero-order valence-corrected chi connectivity index (χ0v) is 14.6. The maximum atomic E-state index is 12.8. The number of hydrogen-bond donors (Lipinski definition) is 2. The molecule has 3 aromatic rings. The second-order valence-corrected chi connectivity index (χ2v) is 6.13. The van der Waals surface area contributed by atoms with E-state index in [-0.39, 0.29) is 0 Å². The molecule has 0 aromatic heterocycles. The minimum absolute atomic E-state index is 0.463. The smallest absolute Gasteiger partial charge is 0.281 e. The fraction of sp³-hybridized carbons (Fsp3) is 0.0476. The molecule has 0 fully saturated rings. The van der Waals surface area contributed by atoms with Gasteiger partial charge in [-0.25, -0.2) is 5.43 Å². The number of hydrogen-bond acceptors (Lipinski definition) is 3. The average Bonchev–Trinajstić information content (AvgIpc) is 2.70. The van der Waals surface area contributed by atoms with Gasteiger partial charge in [0, 0.05) is 5.02 Å². The molecule has 0 atom stereocenters. The van der Waals surface area contributed by atoms with Crippen LogP contribution in [0.1, 0.15) is 16.7 Å². The molecular weight excluding hydrogens is 348 g/mol. The summed E-state index contributed by atoms with van der Waals surface area (Å²) < 4.78 is 0. The van der Waals surface area contributed by atoms with E-state index >= 15 is 0 Å². The van der Waals surface area contributed by atoms with Gasteiger partial charge in [-0.3, -0.25) is 4.79 Å². The number of amides is 1. The normalized spacial score (nSPS) is 11.5. The molecule has 0 aliphatic carbocycles. The first-order chi connectivity index (χ1) is 12.6. The number of carbonyl (C=O) groups is 1. The standard InChI is InChI=1S/C21H17ClN2O2/c22-19-13-11-16(12-14-19)15-23-24-20(25)21(26,17-7-3-1-4-8-17)18-9-5-2-6-10-18/h1-15,26H,(H,24,25)/b23-15+. The summed E-state index contributed by atoms with van der Waals surface area (Å²) in [5, 5.41) is 15.8. The lowest BCUT2D eigenvalue weighted by Crippen LogP contribution is -2.43. The molecule has 26 heavy (non-hydrogen) atoms. The van der Waals surface area contributed by atoms with E-state index in [2.05, 4.69) is 10.5 Å². The van der Waals surface area contributed by atoms with E-state index < -0.39 is 11.5 Å². The molecule has 0 bridgehead atoms. The topological polar surface area (TPSA) is 61.7 Å². The molecule has 0 unspecified atom stereocenters. The summed E-state index contributed by atoms with van der Waals surface area (Å²) >= 11 is 5.84. The number of aliphatic hydroxyl groups is 1. The largest absolute Gasteiger partial charge is 0.372 e. The Balaban J connectivity index is 1.87. The molecule has 0 heterocycles. The van der Waals surface area contributed by atoms with Gasteiger partial charge < -0.3 is 5.11 Å². The summed E-state index contributed by atoms with van der Waals surface area (Å²) in [7, 11) is 0. The lowest BCUT2D eigenvalue weighted by Gasteiger charge is -2.27. The maximum Gasteiger partial charge on any atom is 0.281 e. The summed E-state index contributed by atoms with van der Waals surface area (Å²) in [4.78, 5) is 12.8. The van der Waals surface area contributed by atoms with Crippen LogP contribution in [-0.4, -0.2) is 17.2 Å². The first kappa shape index (κ1) is 17.9. The minimum Gasteiger partial charge on any atom is -0.372 e. The van der Waals surface area contributed by atoms with Gasteiger partial charge in [0.2, 0.25) is 0 Å². The second kappa shape index (κ2) is 7.95. The van der Waals surface area contributed by atoms with Gasteiger partial charge in [-0.1, -0.05) is 84.4 Å². The predicted molar refractivity (Wildman–Crippen MR) is 103 cm³/mol. The fourth-order valence-corrected chi connectivity index (χ4v) is 2.71.